The summed E-state index contributed by atoms with van der Waals surface area (Å²) in [6, 6.07) is 0. The molecule has 80 valence electrons. The third kappa shape index (κ3) is 2.22. The maximum atomic E-state index is 10.3. The SMILES string of the molecule is CCC(/C=C/C=O)(CC)C1OCCO1. The largest absolute Gasteiger partial charge is 0.349 e. The van der Waals surface area contributed by atoms with Gasteiger partial charge in [0.2, 0.25) is 0 Å². The molecule has 1 aliphatic heterocycles. The fraction of sp³-hybridized carbons (Fsp3) is 0.727. The lowest BCUT2D eigenvalue weighted by molar-refractivity contribution is -0.117. The van der Waals surface area contributed by atoms with Gasteiger partial charge in [-0.15, -0.1) is 0 Å². The average Bonchev–Trinajstić information content (AvgIpc) is 2.74. The van der Waals surface area contributed by atoms with Crippen molar-refractivity contribution in [2.75, 3.05) is 13.2 Å². The first-order valence-electron chi connectivity index (χ1n) is 5.15. The van der Waals surface area contributed by atoms with E-state index in [0.717, 1.165) is 19.1 Å². The molecule has 1 heterocycles. The molecule has 1 saturated heterocycles. The van der Waals surface area contributed by atoms with Gasteiger partial charge in [-0.1, -0.05) is 19.9 Å². The topological polar surface area (TPSA) is 35.5 Å². The number of rotatable bonds is 5. The Kier molecular flexibility index (Phi) is 4.29. The van der Waals surface area contributed by atoms with E-state index in [1.807, 2.05) is 6.08 Å². The second kappa shape index (κ2) is 5.27. The molecule has 1 rings (SSSR count). The quantitative estimate of drug-likeness (QED) is 0.500. The van der Waals surface area contributed by atoms with Crippen molar-refractivity contribution in [3.8, 4) is 0 Å². The Morgan fingerprint density at radius 3 is 2.29 bits per heavy atom. The summed E-state index contributed by atoms with van der Waals surface area (Å²) in [5.41, 5.74) is -0.141. The van der Waals surface area contributed by atoms with Crippen LogP contribution >= 0.6 is 0 Å². The summed E-state index contributed by atoms with van der Waals surface area (Å²) in [5.74, 6) is 0. The maximum Gasteiger partial charge on any atom is 0.166 e. The summed E-state index contributed by atoms with van der Waals surface area (Å²) in [4.78, 5) is 10.3. The highest BCUT2D eigenvalue weighted by Crippen LogP contribution is 2.36. The first-order chi connectivity index (χ1) is 6.79. The van der Waals surface area contributed by atoms with Crippen LogP contribution in [0.15, 0.2) is 12.2 Å². The lowest BCUT2D eigenvalue weighted by atomic mass is 9.81. The van der Waals surface area contributed by atoms with E-state index >= 15 is 0 Å². The van der Waals surface area contributed by atoms with Crippen molar-refractivity contribution in [2.24, 2.45) is 5.41 Å². The van der Waals surface area contributed by atoms with Gasteiger partial charge in [0.1, 0.15) is 6.29 Å². The molecule has 0 aliphatic carbocycles. The predicted octanol–water partition coefficient (Wildman–Crippen LogP) is 1.92. The minimum absolute atomic E-state index is 0.141. The number of ether oxygens (including phenoxy) is 2. The van der Waals surface area contributed by atoms with E-state index in [9.17, 15) is 4.79 Å². The number of aldehydes is 1. The highest BCUT2D eigenvalue weighted by Gasteiger charge is 2.37. The van der Waals surface area contributed by atoms with Crippen molar-refractivity contribution < 1.29 is 14.3 Å². The zero-order valence-electron chi connectivity index (χ0n) is 8.86. The summed E-state index contributed by atoms with van der Waals surface area (Å²) >= 11 is 0. The van der Waals surface area contributed by atoms with Crippen molar-refractivity contribution in [3.05, 3.63) is 12.2 Å². The Balaban J connectivity index is 2.77. The highest BCUT2D eigenvalue weighted by molar-refractivity contribution is 5.64. The van der Waals surface area contributed by atoms with Crippen LogP contribution in [0.4, 0.5) is 0 Å². The molecule has 0 radical (unpaired) electrons. The minimum atomic E-state index is -0.186. The Bertz CT molecular complexity index is 201. The van der Waals surface area contributed by atoms with E-state index in [4.69, 9.17) is 9.47 Å². The van der Waals surface area contributed by atoms with Crippen LogP contribution in [0.25, 0.3) is 0 Å². The Hall–Kier alpha value is -0.670. The molecule has 0 aromatic carbocycles. The lowest BCUT2D eigenvalue weighted by Gasteiger charge is -2.32. The van der Waals surface area contributed by atoms with Crippen LogP contribution in [0.1, 0.15) is 26.7 Å². The zero-order valence-corrected chi connectivity index (χ0v) is 8.86. The van der Waals surface area contributed by atoms with Gasteiger partial charge in [0.25, 0.3) is 0 Å². The number of hydrogen-bond acceptors (Lipinski definition) is 3. The van der Waals surface area contributed by atoms with Crippen LogP contribution in [-0.2, 0) is 14.3 Å². The molecule has 0 spiro atoms. The molecule has 1 fully saturated rings. The highest BCUT2D eigenvalue weighted by atomic mass is 16.7. The summed E-state index contributed by atoms with van der Waals surface area (Å²) in [5, 5.41) is 0. The molecule has 0 aromatic rings. The van der Waals surface area contributed by atoms with Gasteiger partial charge in [-0.2, -0.15) is 0 Å². The predicted molar refractivity (Wildman–Crippen MR) is 53.9 cm³/mol. The van der Waals surface area contributed by atoms with Gasteiger partial charge in [-0.05, 0) is 18.9 Å². The maximum absolute atomic E-state index is 10.3. The van der Waals surface area contributed by atoms with Gasteiger partial charge in [-0.25, -0.2) is 0 Å². The molecule has 0 N–H and O–H groups in total. The third-order valence-corrected chi connectivity index (χ3v) is 2.91. The molecular formula is C11H18O3. The van der Waals surface area contributed by atoms with Gasteiger partial charge < -0.3 is 9.47 Å². The number of carbonyl (C=O) groups excluding carboxylic acids is 1. The Morgan fingerprint density at radius 2 is 1.86 bits per heavy atom. The van der Waals surface area contributed by atoms with Crippen molar-refractivity contribution in [2.45, 2.75) is 33.0 Å². The van der Waals surface area contributed by atoms with E-state index in [1.54, 1.807) is 0 Å². The molecule has 0 unspecified atom stereocenters. The van der Waals surface area contributed by atoms with Crippen molar-refractivity contribution in [3.63, 3.8) is 0 Å². The van der Waals surface area contributed by atoms with Crippen LogP contribution in [-0.4, -0.2) is 25.8 Å². The number of carbonyl (C=O) groups is 1. The lowest BCUT2D eigenvalue weighted by Crippen LogP contribution is -2.33. The van der Waals surface area contributed by atoms with Crippen LogP contribution in [0.3, 0.4) is 0 Å². The first-order valence-corrected chi connectivity index (χ1v) is 5.15. The minimum Gasteiger partial charge on any atom is -0.349 e. The van der Waals surface area contributed by atoms with E-state index in [2.05, 4.69) is 13.8 Å². The van der Waals surface area contributed by atoms with E-state index in [1.165, 1.54) is 6.08 Å². The Morgan fingerprint density at radius 1 is 1.29 bits per heavy atom. The summed E-state index contributed by atoms with van der Waals surface area (Å²) in [6.45, 7) is 5.48. The second-order valence-corrected chi connectivity index (χ2v) is 3.51. The van der Waals surface area contributed by atoms with E-state index in [0.29, 0.717) is 13.2 Å². The number of allylic oxidation sites excluding steroid dienone is 1. The Labute approximate surface area is 85.1 Å². The molecule has 3 nitrogen and oxygen atoms in total. The van der Waals surface area contributed by atoms with E-state index < -0.39 is 0 Å². The fourth-order valence-corrected chi connectivity index (χ4v) is 1.82. The molecule has 3 heteroatoms. The average molecular weight is 198 g/mol. The molecule has 14 heavy (non-hydrogen) atoms. The first kappa shape index (κ1) is 11.4. The van der Waals surface area contributed by atoms with Crippen molar-refractivity contribution in [1.82, 2.24) is 0 Å². The van der Waals surface area contributed by atoms with E-state index in [-0.39, 0.29) is 11.7 Å². The molecule has 0 amide bonds. The molecule has 0 bridgehead atoms. The van der Waals surface area contributed by atoms with Gasteiger partial charge in [-0.3, -0.25) is 4.79 Å². The summed E-state index contributed by atoms with van der Waals surface area (Å²) in [7, 11) is 0. The third-order valence-electron chi connectivity index (χ3n) is 2.91. The molecule has 0 aromatic heterocycles. The molecule has 0 atom stereocenters. The van der Waals surface area contributed by atoms with Gasteiger partial charge in [0.15, 0.2) is 6.29 Å². The normalized spacial score (nSPS) is 19.3. The zero-order chi connectivity index (χ0) is 10.4. The molecular weight excluding hydrogens is 180 g/mol. The van der Waals surface area contributed by atoms with Crippen LogP contribution in [0.5, 0.6) is 0 Å². The summed E-state index contributed by atoms with van der Waals surface area (Å²) < 4.78 is 11.0. The monoisotopic (exact) mass is 198 g/mol. The van der Waals surface area contributed by atoms with Crippen LogP contribution in [0, 0.1) is 5.41 Å². The number of hydrogen-bond donors (Lipinski definition) is 0. The smallest absolute Gasteiger partial charge is 0.166 e. The van der Waals surface area contributed by atoms with Gasteiger partial charge >= 0.3 is 0 Å². The van der Waals surface area contributed by atoms with Crippen LogP contribution < -0.4 is 0 Å². The fourth-order valence-electron chi connectivity index (χ4n) is 1.82. The van der Waals surface area contributed by atoms with Gasteiger partial charge in [0, 0.05) is 5.41 Å². The molecule has 0 saturated carbocycles. The molecule has 1 aliphatic rings. The van der Waals surface area contributed by atoms with Crippen molar-refractivity contribution >= 4 is 6.29 Å². The van der Waals surface area contributed by atoms with Gasteiger partial charge in [0.05, 0.1) is 13.2 Å². The second-order valence-electron chi connectivity index (χ2n) is 3.51. The van der Waals surface area contributed by atoms with Crippen molar-refractivity contribution in [1.29, 1.82) is 0 Å². The van der Waals surface area contributed by atoms with Crippen LogP contribution in [0.2, 0.25) is 0 Å². The summed E-state index contributed by atoms with van der Waals surface area (Å²) in [6.07, 6.45) is 5.90. The standard InChI is InChI=1S/C11H18O3/c1-3-11(4-2,6-5-7-12)10-13-8-9-14-10/h5-7,10H,3-4,8-9H2,1-2H3/b6-5+.